The first-order valence-corrected chi connectivity index (χ1v) is 46.3. The van der Waals surface area contributed by atoms with E-state index in [4.69, 9.17) is 0 Å². The van der Waals surface area contributed by atoms with Gasteiger partial charge in [0.2, 0.25) is 0 Å². The van der Waals surface area contributed by atoms with Gasteiger partial charge in [-0.2, -0.15) is 0 Å². The second-order valence-electron chi connectivity index (χ2n) is 45.3. The van der Waals surface area contributed by atoms with E-state index in [-0.39, 0.29) is 68.6 Å². The van der Waals surface area contributed by atoms with E-state index in [2.05, 4.69) is 198 Å². The molecule has 6 rings (SSSR count). The fraction of sp³-hybridized carbons (Fsp3) is 0.743. The summed E-state index contributed by atoms with van der Waals surface area (Å²) in [7, 11) is 0. The van der Waals surface area contributed by atoms with Crippen LogP contribution in [-0.4, -0.2) is 136 Å². The Bertz CT molecular complexity index is 3570. The van der Waals surface area contributed by atoms with Gasteiger partial charge in [0.15, 0.2) is 0 Å². The molecule has 6 atom stereocenters. The predicted octanol–water partition coefficient (Wildman–Crippen LogP) is 23.7. The van der Waals surface area contributed by atoms with Gasteiger partial charge >= 0.3 is 17.9 Å². The van der Waals surface area contributed by atoms with Gasteiger partial charge in [-0.25, -0.2) is 0 Å². The Labute approximate surface area is 728 Å². The molecular formula is C105H174O15. The van der Waals surface area contributed by atoms with Crippen molar-refractivity contribution in [3.8, 4) is 0 Å². The summed E-state index contributed by atoms with van der Waals surface area (Å²) in [5, 5.41) is 124. The number of aliphatic carboxylic acids is 3. The number of carboxylic acid groups (broad SMARTS) is 3. The van der Waals surface area contributed by atoms with Crippen LogP contribution in [0.15, 0.2) is 140 Å². The lowest BCUT2D eigenvalue weighted by atomic mass is 9.75. The van der Waals surface area contributed by atoms with E-state index < -0.39 is 70.8 Å². The molecule has 0 heterocycles. The molecule has 6 unspecified atom stereocenters. The highest BCUT2D eigenvalue weighted by atomic mass is 16.4. The molecule has 12 N–H and O–H groups in total. The van der Waals surface area contributed by atoms with Gasteiger partial charge in [-0.15, -0.1) is 0 Å². The molecule has 0 aromatic rings. The molecule has 6 aliphatic carbocycles. The number of unbranched alkanes of at least 4 members (excludes halogenated alkanes) is 6. The second-order valence-corrected chi connectivity index (χ2v) is 45.3. The lowest BCUT2D eigenvalue weighted by molar-refractivity contribution is -0.148. The van der Waals surface area contributed by atoms with Gasteiger partial charge in [0.05, 0.1) is 52.9 Å². The van der Waals surface area contributed by atoms with E-state index >= 15 is 0 Å². The van der Waals surface area contributed by atoms with Crippen LogP contribution in [-0.2, 0) is 14.4 Å². The summed E-state index contributed by atoms with van der Waals surface area (Å²) >= 11 is 0. The van der Waals surface area contributed by atoms with Crippen molar-refractivity contribution in [2.45, 2.75) is 415 Å². The largest absolute Gasteiger partial charge is 0.481 e. The van der Waals surface area contributed by atoms with Gasteiger partial charge in [-0.1, -0.05) is 236 Å². The van der Waals surface area contributed by atoms with Crippen molar-refractivity contribution in [3.63, 3.8) is 0 Å². The molecule has 0 fully saturated rings. The third-order valence-electron chi connectivity index (χ3n) is 26.0. The molecule has 0 radical (unpaired) electrons. The normalized spacial score (nSPS) is 22.8. The molecule has 120 heavy (non-hydrogen) atoms. The molecule has 0 aliphatic heterocycles. The maximum absolute atomic E-state index is 11.4. The number of hydrogen-bond donors (Lipinski definition) is 12. The quantitative estimate of drug-likeness (QED) is 0.0199. The Morgan fingerprint density at radius 2 is 0.342 bits per heavy atom. The predicted molar refractivity (Wildman–Crippen MR) is 495 cm³/mol. The van der Waals surface area contributed by atoms with Crippen molar-refractivity contribution in [3.05, 3.63) is 140 Å². The van der Waals surface area contributed by atoms with Gasteiger partial charge < -0.3 is 61.3 Å². The maximum atomic E-state index is 11.4. The Kier molecular flexibility index (Phi) is 41.0. The molecule has 6 aliphatic rings. The van der Waals surface area contributed by atoms with Gasteiger partial charge in [-0.3, -0.25) is 14.4 Å². The molecule has 0 aromatic carbocycles. The topological polar surface area (TPSA) is 294 Å². The molecular weight excluding hydrogens is 1500 g/mol. The maximum Gasteiger partial charge on any atom is 0.309 e. The summed E-state index contributed by atoms with van der Waals surface area (Å²) in [6.07, 6.45) is 51.4. The van der Waals surface area contributed by atoms with Crippen molar-refractivity contribution < 1.29 is 75.7 Å². The molecule has 0 aromatic heterocycles. The van der Waals surface area contributed by atoms with Crippen molar-refractivity contribution in [2.75, 3.05) is 19.8 Å². The first kappa shape index (κ1) is 107. The number of aliphatic hydroxyl groups excluding tert-OH is 9. The van der Waals surface area contributed by atoms with Crippen LogP contribution >= 0.6 is 0 Å². The number of carbonyl (C=O) groups is 3. The van der Waals surface area contributed by atoms with Gasteiger partial charge in [-0.05, 0) is 298 Å². The fourth-order valence-corrected chi connectivity index (χ4v) is 18.4. The molecule has 0 bridgehead atoms. The number of aliphatic hydroxyl groups is 9. The van der Waals surface area contributed by atoms with Crippen molar-refractivity contribution >= 4 is 17.9 Å². The molecule has 15 heteroatoms. The summed E-state index contributed by atoms with van der Waals surface area (Å²) in [6.45, 7) is 49.9. The average Bonchev–Trinajstić information content (AvgIpc) is 0.833. The molecule has 0 amide bonds. The van der Waals surface area contributed by atoms with E-state index in [1.807, 2.05) is 0 Å². The van der Waals surface area contributed by atoms with Crippen LogP contribution in [0.5, 0.6) is 0 Å². The van der Waals surface area contributed by atoms with Crippen molar-refractivity contribution in [2.24, 2.45) is 65.0 Å². The van der Waals surface area contributed by atoms with E-state index in [1.165, 1.54) is 0 Å². The van der Waals surface area contributed by atoms with Gasteiger partial charge in [0.1, 0.15) is 0 Å². The zero-order chi connectivity index (χ0) is 91.1. The van der Waals surface area contributed by atoms with Crippen LogP contribution in [0.25, 0.3) is 0 Å². The van der Waals surface area contributed by atoms with Crippen molar-refractivity contribution in [1.29, 1.82) is 0 Å². The lowest BCUT2D eigenvalue weighted by Crippen LogP contribution is -2.25. The smallest absolute Gasteiger partial charge is 0.309 e. The first-order valence-electron chi connectivity index (χ1n) is 46.3. The van der Waals surface area contributed by atoms with Crippen LogP contribution in [0.1, 0.15) is 378 Å². The molecule has 0 saturated heterocycles. The highest BCUT2D eigenvalue weighted by molar-refractivity contribution is 5.74. The molecule has 0 saturated carbocycles. The second kappa shape index (κ2) is 45.9. The van der Waals surface area contributed by atoms with E-state index in [1.54, 1.807) is 41.5 Å². The number of hydrogen-bond acceptors (Lipinski definition) is 12. The van der Waals surface area contributed by atoms with Gasteiger partial charge in [0.25, 0.3) is 0 Å². The van der Waals surface area contributed by atoms with Crippen LogP contribution in [0.3, 0.4) is 0 Å². The Morgan fingerprint density at radius 3 is 0.458 bits per heavy atom. The van der Waals surface area contributed by atoms with Crippen LogP contribution < -0.4 is 0 Å². The highest BCUT2D eigenvalue weighted by Crippen LogP contribution is 2.45. The number of rotatable bonds is 48. The summed E-state index contributed by atoms with van der Waals surface area (Å²) in [4.78, 5) is 34.2. The Morgan fingerprint density at radius 1 is 0.225 bits per heavy atom. The molecule has 0 spiro atoms. The van der Waals surface area contributed by atoms with Crippen LogP contribution in [0.4, 0.5) is 0 Å². The van der Waals surface area contributed by atoms with E-state index in [9.17, 15) is 75.7 Å². The highest BCUT2D eigenvalue weighted by Gasteiger charge is 2.37. The minimum Gasteiger partial charge on any atom is -0.481 e. The SMILES string of the molecule is CC1(C)C=C(CCCCC(C)(C)C(=O)O)C(O)C(CCCC2=CC(C)(C)C=C(CCCCC(C)(C)C(=O)O)C2O)=C1.CC1(C)C=C(CCCCC(C)(C)CO)C(O)C(CCCC2=CC(C)(C)C=C(CCCCC(C)(C)C(=O)O)C2O)=C1.CC1(C)C=C(CCCCC(C)(C)CO)C(O)C(CCCC2=CC(C)(C)C=C(CCCCC(C)(C)CO)C2O)=C1. The number of allylic oxidation sites excluding steroid dienone is 12. The van der Waals surface area contributed by atoms with E-state index in [0.717, 1.165) is 260 Å². The summed E-state index contributed by atoms with van der Waals surface area (Å²) in [5.74, 6) is -2.31. The Hall–Kier alpha value is -5.07. The third kappa shape index (κ3) is 36.9. The third-order valence-corrected chi connectivity index (χ3v) is 26.0. The molecule has 684 valence electrons. The average molecular weight is 1680 g/mol. The lowest BCUT2D eigenvalue weighted by Gasteiger charge is -2.32. The fourth-order valence-electron chi connectivity index (χ4n) is 18.4. The van der Waals surface area contributed by atoms with Crippen LogP contribution in [0.2, 0.25) is 0 Å². The molecule has 15 nitrogen and oxygen atoms in total. The minimum atomic E-state index is -0.773. The summed E-state index contributed by atoms with van der Waals surface area (Å²) < 4.78 is 0. The summed E-state index contributed by atoms with van der Waals surface area (Å²) in [6, 6.07) is 0. The zero-order valence-electron chi connectivity index (χ0n) is 79.9. The van der Waals surface area contributed by atoms with E-state index in [0.29, 0.717) is 19.3 Å². The minimum absolute atomic E-state index is 0.0390. The Balaban J connectivity index is 0.000000378. The summed E-state index contributed by atoms with van der Waals surface area (Å²) in [5.41, 5.74) is 9.90. The first-order chi connectivity index (χ1) is 55.1. The number of carboxylic acids is 3. The standard InChI is InChI=1S/C35H56O6.C35H58O5.C35H60O4/c1-32(2)20-24(14-9-11-18-34(5,6)30(38)39)28(36)26(22-32)16-13-17-27-23-33(3,4)21-25(29(27)37)15-10-12-19-35(7,8)31(40)41;1-32(2,24-36)18-11-9-14-25-20-33(3,4)22-27(29(25)37)16-13-17-28-23-34(5,6)21-26(30(28)38)15-10-12-19-35(7,8)31(39)40;1-32(2,24-36)18-11-9-14-26-20-34(5,6)22-28(30(26)38)16-13-17-29-23-35(7,8)21-27(31(29)39)15-10-12-19-33(3,4)25-37/h20-23,28-29,36-37H,9-19H2,1-8H3,(H,38,39)(H,40,41);20-23,29-30,36-38H,9-19,24H2,1-8H3,(H,39,40);20-23,30-31,36-39H,9-19,24-25H2,1-8H3. The van der Waals surface area contributed by atoms with Crippen LogP contribution in [0, 0.1) is 65.0 Å². The van der Waals surface area contributed by atoms with Crippen molar-refractivity contribution in [1.82, 2.24) is 0 Å². The monoisotopic (exact) mass is 1680 g/mol. The van der Waals surface area contributed by atoms with Gasteiger partial charge in [0, 0.05) is 52.3 Å². The zero-order valence-corrected chi connectivity index (χ0v) is 79.9.